The molecule has 1 saturated heterocycles. The van der Waals surface area contributed by atoms with Crippen LogP contribution in [0.3, 0.4) is 0 Å². The second kappa shape index (κ2) is 7.10. The van der Waals surface area contributed by atoms with Crippen LogP contribution in [0.15, 0.2) is 11.2 Å². The largest absolute Gasteiger partial charge is 0.394 e. The SMILES string of the molecule is CCNc1cc(NC2(CO)CCOCC2)nc(SC)n1. The molecule has 0 unspecified atom stereocenters. The highest BCUT2D eigenvalue weighted by Gasteiger charge is 2.32. The van der Waals surface area contributed by atoms with E-state index in [1.165, 1.54) is 11.8 Å². The Labute approximate surface area is 123 Å². The standard InChI is InChI=1S/C13H22N4O2S/c1-3-14-10-8-11(16-12(15-10)20-2)17-13(9-18)4-6-19-7-5-13/h8,18H,3-7,9H2,1-2H3,(H2,14,15,16,17). The van der Waals surface area contributed by atoms with E-state index in [9.17, 15) is 5.11 Å². The minimum absolute atomic E-state index is 0.0749. The number of aliphatic hydroxyl groups is 1. The van der Waals surface area contributed by atoms with Crippen molar-refractivity contribution in [2.24, 2.45) is 0 Å². The van der Waals surface area contributed by atoms with Gasteiger partial charge in [0.1, 0.15) is 11.6 Å². The van der Waals surface area contributed by atoms with Gasteiger partial charge in [-0.3, -0.25) is 0 Å². The molecule has 0 bridgehead atoms. The van der Waals surface area contributed by atoms with E-state index in [2.05, 4.69) is 20.6 Å². The monoisotopic (exact) mass is 298 g/mol. The number of nitrogens with zero attached hydrogens (tertiary/aromatic N) is 2. The number of hydrogen-bond acceptors (Lipinski definition) is 7. The molecule has 6 nitrogen and oxygen atoms in total. The lowest BCUT2D eigenvalue weighted by Gasteiger charge is -2.36. The Bertz CT molecular complexity index is 438. The fourth-order valence-corrected chi connectivity index (χ4v) is 2.59. The van der Waals surface area contributed by atoms with Gasteiger partial charge in [-0.15, -0.1) is 0 Å². The van der Waals surface area contributed by atoms with Crippen LogP contribution < -0.4 is 10.6 Å². The summed E-state index contributed by atoms with van der Waals surface area (Å²) < 4.78 is 5.37. The molecule has 1 aromatic rings. The average molecular weight is 298 g/mol. The van der Waals surface area contributed by atoms with Gasteiger partial charge in [0.05, 0.1) is 12.1 Å². The molecule has 0 saturated carbocycles. The molecule has 112 valence electrons. The first-order valence-corrected chi connectivity index (χ1v) is 8.07. The van der Waals surface area contributed by atoms with Crippen molar-refractivity contribution in [1.82, 2.24) is 9.97 Å². The van der Waals surface area contributed by atoms with Gasteiger partial charge in [-0.25, -0.2) is 9.97 Å². The van der Waals surface area contributed by atoms with E-state index < -0.39 is 0 Å². The van der Waals surface area contributed by atoms with Gasteiger partial charge >= 0.3 is 0 Å². The zero-order valence-corrected chi connectivity index (χ0v) is 12.8. The Balaban J connectivity index is 2.19. The Hall–Kier alpha value is -1.05. The lowest BCUT2D eigenvalue weighted by Crippen LogP contribution is -2.47. The van der Waals surface area contributed by atoms with Crippen molar-refractivity contribution < 1.29 is 9.84 Å². The van der Waals surface area contributed by atoms with Crippen molar-refractivity contribution in [1.29, 1.82) is 0 Å². The summed E-state index contributed by atoms with van der Waals surface area (Å²) in [5.41, 5.74) is -0.342. The van der Waals surface area contributed by atoms with E-state index in [0.717, 1.165) is 31.0 Å². The second-order valence-electron chi connectivity index (χ2n) is 4.83. The zero-order valence-electron chi connectivity index (χ0n) is 12.0. The molecular formula is C13H22N4O2S. The van der Waals surface area contributed by atoms with Crippen LogP contribution in [-0.2, 0) is 4.74 Å². The highest BCUT2D eigenvalue weighted by Crippen LogP contribution is 2.26. The number of rotatable bonds is 6. The van der Waals surface area contributed by atoms with Gasteiger partial charge in [0.15, 0.2) is 5.16 Å². The molecular weight excluding hydrogens is 276 g/mol. The number of hydrogen-bond donors (Lipinski definition) is 3. The molecule has 0 aromatic carbocycles. The van der Waals surface area contributed by atoms with Crippen molar-refractivity contribution in [2.75, 3.05) is 43.3 Å². The topological polar surface area (TPSA) is 79.3 Å². The van der Waals surface area contributed by atoms with E-state index >= 15 is 0 Å². The molecule has 1 aromatic heterocycles. The summed E-state index contributed by atoms with van der Waals surface area (Å²) in [6, 6.07) is 1.89. The van der Waals surface area contributed by atoms with Gasteiger partial charge in [-0.1, -0.05) is 11.8 Å². The Morgan fingerprint density at radius 2 is 2.05 bits per heavy atom. The molecule has 0 spiro atoms. The third kappa shape index (κ3) is 3.74. The van der Waals surface area contributed by atoms with E-state index in [1.54, 1.807) is 0 Å². The van der Waals surface area contributed by atoms with Crippen LogP contribution >= 0.6 is 11.8 Å². The lowest BCUT2D eigenvalue weighted by atomic mass is 9.91. The Kier molecular flexibility index (Phi) is 5.45. The highest BCUT2D eigenvalue weighted by molar-refractivity contribution is 7.98. The van der Waals surface area contributed by atoms with Crippen LogP contribution in [0.25, 0.3) is 0 Å². The number of thioether (sulfide) groups is 1. The minimum Gasteiger partial charge on any atom is -0.394 e. The fourth-order valence-electron chi connectivity index (χ4n) is 2.21. The smallest absolute Gasteiger partial charge is 0.191 e. The van der Waals surface area contributed by atoms with Crippen molar-refractivity contribution in [3.63, 3.8) is 0 Å². The van der Waals surface area contributed by atoms with Crippen LogP contribution in [0.4, 0.5) is 11.6 Å². The van der Waals surface area contributed by atoms with Crippen molar-refractivity contribution >= 4 is 23.4 Å². The van der Waals surface area contributed by atoms with E-state index in [4.69, 9.17) is 4.74 Å². The van der Waals surface area contributed by atoms with Gasteiger partial charge in [0.25, 0.3) is 0 Å². The maximum atomic E-state index is 9.72. The molecule has 3 N–H and O–H groups in total. The summed E-state index contributed by atoms with van der Waals surface area (Å²) in [5, 5.41) is 17.0. The molecule has 1 fully saturated rings. The van der Waals surface area contributed by atoms with Crippen LogP contribution in [0.5, 0.6) is 0 Å². The van der Waals surface area contributed by atoms with Crippen LogP contribution in [0, 0.1) is 0 Å². The van der Waals surface area contributed by atoms with Crippen LogP contribution in [0.2, 0.25) is 0 Å². The molecule has 1 aliphatic rings. The molecule has 0 aliphatic carbocycles. The highest BCUT2D eigenvalue weighted by atomic mass is 32.2. The zero-order chi connectivity index (χ0) is 14.4. The second-order valence-corrected chi connectivity index (χ2v) is 5.60. The maximum absolute atomic E-state index is 9.72. The van der Waals surface area contributed by atoms with Crippen LogP contribution in [-0.4, -0.2) is 53.2 Å². The molecule has 0 atom stereocenters. The van der Waals surface area contributed by atoms with Gasteiger partial charge < -0.3 is 20.5 Å². The number of aromatic nitrogens is 2. The lowest BCUT2D eigenvalue weighted by molar-refractivity contribution is 0.0378. The Morgan fingerprint density at radius 3 is 2.65 bits per heavy atom. The molecule has 2 rings (SSSR count). The van der Waals surface area contributed by atoms with Gasteiger partial charge in [0.2, 0.25) is 0 Å². The molecule has 0 radical (unpaired) electrons. The summed E-state index contributed by atoms with van der Waals surface area (Å²) >= 11 is 1.50. The van der Waals surface area contributed by atoms with Crippen LogP contribution in [0.1, 0.15) is 19.8 Å². The molecule has 0 amide bonds. The third-order valence-corrected chi connectivity index (χ3v) is 3.94. The van der Waals surface area contributed by atoms with Crippen molar-refractivity contribution in [3.05, 3.63) is 6.07 Å². The quantitative estimate of drug-likeness (QED) is 0.543. The number of anilines is 2. The Morgan fingerprint density at radius 1 is 1.35 bits per heavy atom. The predicted octanol–water partition coefficient (Wildman–Crippen LogP) is 1.58. The third-order valence-electron chi connectivity index (χ3n) is 3.39. The summed E-state index contributed by atoms with van der Waals surface area (Å²) in [5.74, 6) is 1.55. The van der Waals surface area contributed by atoms with E-state index in [1.807, 2.05) is 19.2 Å². The summed E-state index contributed by atoms with van der Waals surface area (Å²) in [6.07, 6.45) is 3.50. The molecule has 20 heavy (non-hydrogen) atoms. The number of aliphatic hydroxyl groups excluding tert-OH is 1. The maximum Gasteiger partial charge on any atom is 0.191 e. The van der Waals surface area contributed by atoms with Gasteiger partial charge in [0, 0.05) is 25.8 Å². The fraction of sp³-hybridized carbons (Fsp3) is 0.692. The van der Waals surface area contributed by atoms with Gasteiger partial charge in [-0.2, -0.15) is 0 Å². The number of nitrogens with one attached hydrogen (secondary N) is 2. The minimum atomic E-state index is -0.342. The first-order valence-electron chi connectivity index (χ1n) is 6.85. The summed E-state index contributed by atoms with van der Waals surface area (Å²) in [7, 11) is 0. The van der Waals surface area contributed by atoms with Crippen molar-refractivity contribution in [3.8, 4) is 0 Å². The first-order chi connectivity index (χ1) is 9.71. The molecule has 1 aliphatic heterocycles. The summed E-state index contributed by atoms with van der Waals surface area (Å²) in [4.78, 5) is 8.87. The van der Waals surface area contributed by atoms with Crippen molar-refractivity contribution in [2.45, 2.75) is 30.5 Å². The molecule has 7 heteroatoms. The normalized spacial score (nSPS) is 17.8. The molecule has 2 heterocycles. The first kappa shape index (κ1) is 15.3. The predicted molar refractivity (Wildman–Crippen MR) is 81.5 cm³/mol. The van der Waals surface area contributed by atoms with E-state index in [0.29, 0.717) is 18.4 Å². The number of ether oxygens (including phenoxy) is 1. The summed E-state index contributed by atoms with van der Waals surface area (Å²) in [6.45, 7) is 4.23. The van der Waals surface area contributed by atoms with E-state index in [-0.39, 0.29) is 12.1 Å². The average Bonchev–Trinajstić information content (AvgIpc) is 2.48. The van der Waals surface area contributed by atoms with Gasteiger partial charge in [-0.05, 0) is 26.0 Å².